The Morgan fingerprint density at radius 2 is 1.66 bits per heavy atom. The maximum Gasteiger partial charge on any atom is 0.261 e. The van der Waals surface area contributed by atoms with Crippen molar-refractivity contribution in [3.8, 4) is 17.1 Å². The van der Waals surface area contributed by atoms with Crippen LogP contribution in [0, 0.1) is 6.92 Å². The van der Waals surface area contributed by atoms with Crippen molar-refractivity contribution in [1.29, 1.82) is 0 Å². The first-order valence-electron chi connectivity index (χ1n) is 14.2. The summed E-state index contributed by atoms with van der Waals surface area (Å²) >= 11 is 0. The molecule has 0 aliphatic carbocycles. The Bertz CT molecular complexity index is 1770. The summed E-state index contributed by atoms with van der Waals surface area (Å²) in [7, 11) is -1.97. The zero-order valence-corrected chi connectivity index (χ0v) is 25.8. The molecule has 11 heteroatoms. The predicted molar refractivity (Wildman–Crippen MR) is 174 cm³/mol. The maximum absolute atomic E-state index is 13.1. The first-order chi connectivity index (χ1) is 21.0. The average molecular weight is 620 g/mol. The number of carbonyl (C=O) groups excluding carboxylic acids is 1. The highest BCUT2D eigenvalue weighted by Gasteiger charge is 2.19. The topological polar surface area (TPSA) is 129 Å². The highest BCUT2D eigenvalue weighted by atomic mass is 32.2. The number of hydrogen-bond acceptors (Lipinski definition) is 8. The number of methoxy groups -OCH3 is 1. The van der Waals surface area contributed by atoms with Gasteiger partial charge in [0.15, 0.2) is 5.43 Å². The van der Waals surface area contributed by atoms with Crippen molar-refractivity contribution in [3.05, 3.63) is 100 Å². The predicted octanol–water partition coefficient (Wildman–Crippen LogP) is 4.23. The lowest BCUT2D eigenvalue weighted by atomic mass is 10.0. The molecule has 10 nitrogen and oxygen atoms in total. The van der Waals surface area contributed by atoms with Crippen LogP contribution >= 0.6 is 0 Å². The summed E-state index contributed by atoms with van der Waals surface area (Å²) in [6.45, 7) is 6.77. The highest BCUT2D eigenvalue weighted by Crippen LogP contribution is 2.29. The van der Waals surface area contributed by atoms with Crippen LogP contribution in [0.15, 0.2) is 88.1 Å². The van der Waals surface area contributed by atoms with E-state index in [0.717, 1.165) is 49.7 Å². The van der Waals surface area contributed by atoms with E-state index in [4.69, 9.17) is 13.7 Å². The molecule has 5 rings (SSSR count). The van der Waals surface area contributed by atoms with E-state index in [2.05, 4.69) is 21.2 Å². The summed E-state index contributed by atoms with van der Waals surface area (Å²) in [5.41, 5.74) is 3.62. The van der Waals surface area contributed by atoms with Crippen molar-refractivity contribution >= 4 is 38.8 Å². The number of anilines is 1. The van der Waals surface area contributed by atoms with Crippen molar-refractivity contribution in [2.45, 2.75) is 6.92 Å². The lowest BCUT2D eigenvalue weighted by molar-refractivity contribution is -0.116. The monoisotopic (exact) mass is 619 g/mol. The standard InChI is InChI=1S/C32H33N3O4.CH4O3S/c1-23-30(37)26-12-8-11-25(32(26)39-31(23)24-9-4-3-5-10-24)15-16-29(36)33-17-18-34-19-21-35(22-20-34)27-13-6-7-14-28(27)38-2;1-5(2,3)4/h3-16H,17-22H2,1-2H3,(H,33,36);1H3,(H,2,3,4)/b16-15+;. The summed E-state index contributed by atoms with van der Waals surface area (Å²) in [6.07, 6.45) is 3.92. The van der Waals surface area contributed by atoms with E-state index < -0.39 is 10.1 Å². The van der Waals surface area contributed by atoms with Gasteiger partial charge in [-0.25, -0.2) is 0 Å². The molecule has 1 aliphatic rings. The number of amides is 1. The quantitative estimate of drug-likeness (QED) is 0.220. The molecule has 1 saturated heterocycles. The summed E-state index contributed by atoms with van der Waals surface area (Å²) in [6, 6.07) is 23.1. The molecule has 3 aromatic carbocycles. The van der Waals surface area contributed by atoms with E-state index in [9.17, 15) is 18.0 Å². The first kappa shape index (κ1) is 32.5. The number of piperazine rings is 1. The Kier molecular flexibility index (Phi) is 10.9. The van der Waals surface area contributed by atoms with Gasteiger partial charge in [-0.1, -0.05) is 54.6 Å². The molecule has 0 spiro atoms. The fourth-order valence-corrected chi connectivity index (χ4v) is 4.99. The Morgan fingerprint density at radius 1 is 1.00 bits per heavy atom. The number of para-hydroxylation sites is 3. The number of rotatable bonds is 8. The molecule has 1 aliphatic heterocycles. The largest absolute Gasteiger partial charge is 0.495 e. The molecule has 0 saturated carbocycles. The third-order valence-corrected chi connectivity index (χ3v) is 7.15. The molecule has 2 N–H and O–H groups in total. The molecule has 2 heterocycles. The van der Waals surface area contributed by atoms with Crippen LogP contribution < -0.4 is 20.4 Å². The van der Waals surface area contributed by atoms with Crippen molar-refractivity contribution in [3.63, 3.8) is 0 Å². The molecule has 0 unspecified atom stereocenters. The second kappa shape index (κ2) is 14.8. The Hall–Kier alpha value is -4.45. The molecule has 0 radical (unpaired) electrons. The van der Waals surface area contributed by atoms with Gasteiger partial charge in [-0.3, -0.25) is 19.0 Å². The molecular weight excluding hydrogens is 582 g/mol. The van der Waals surface area contributed by atoms with Gasteiger partial charge >= 0.3 is 0 Å². The van der Waals surface area contributed by atoms with Gasteiger partial charge in [0.05, 0.1) is 24.4 Å². The number of hydrogen-bond donors (Lipinski definition) is 2. The van der Waals surface area contributed by atoms with Crippen LogP contribution in [-0.4, -0.2) is 76.4 Å². The van der Waals surface area contributed by atoms with Gasteiger partial charge in [0, 0.05) is 62.0 Å². The van der Waals surface area contributed by atoms with Crippen molar-refractivity contribution in [2.24, 2.45) is 0 Å². The number of nitrogens with zero attached hydrogens (tertiary/aromatic N) is 2. The lowest BCUT2D eigenvalue weighted by Gasteiger charge is -2.36. The van der Waals surface area contributed by atoms with Gasteiger partial charge in [-0.05, 0) is 31.2 Å². The average Bonchev–Trinajstić information content (AvgIpc) is 3.01. The van der Waals surface area contributed by atoms with Crippen LogP contribution in [-0.2, 0) is 14.9 Å². The second-order valence-electron chi connectivity index (χ2n) is 10.3. The highest BCUT2D eigenvalue weighted by molar-refractivity contribution is 7.85. The lowest BCUT2D eigenvalue weighted by Crippen LogP contribution is -2.48. The van der Waals surface area contributed by atoms with E-state index in [-0.39, 0.29) is 11.3 Å². The number of nitrogens with one attached hydrogen (secondary N) is 1. The minimum atomic E-state index is -3.67. The first-order valence-corrected chi connectivity index (χ1v) is 16.0. The van der Waals surface area contributed by atoms with Gasteiger partial charge in [0.2, 0.25) is 5.91 Å². The SMILES string of the molecule is COc1ccccc1N1CCN(CCNC(=O)/C=C/c2cccc3c(=O)c(C)c(-c4ccccc4)oc23)CC1.CS(=O)(=O)O. The fourth-order valence-electron chi connectivity index (χ4n) is 4.99. The van der Waals surface area contributed by atoms with E-state index in [0.29, 0.717) is 40.7 Å². The molecular formula is C33H37N3O7S. The Morgan fingerprint density at radius 3 is 2.34 bits per heavy atom. The van der Waals surface area contributed by atoms with E-state index in [1.807, 2.05) is 60.7 Å². The number of carbonyl (C=O) groups is 1. The smallest absolute Gasteiger partial charge is 0.261 e. The van der Waals surface area contributed by atoms with Gasteiger partial charge < -0.3 is 19.4 Å². The molecule has 1 amide bonds. The number of fused-ring (bicyclic) bond motifs is 1. The summed E-state index contributed by atoms with van der Waals surface area (Å²) in [5, 5.41) is 3.48. The van der Waals surface area contributed by atoms with E-state index in [1.165, 1.54) is 6.08 Å². The van der Waals surface area contributed by atoms with Crippen LogP contribution in [0.4, 0.5) is 5.69 Å². The summed E-state index contributed by atoms with van der Waals surface area (Å²) in [4.78, 5) is 30.3. The van der Waals surface area contributed by atoms with Crippen molar-refractivity contribution in [2.75, 3.05) is 57.5 Å². The van der Waals surface area contributed by atoms with Crippen LogP contribution in [0.2, 0.25) is 0 Å². The van der Waals surface area contributed by atoms with Gasteiger partial charge in [-0.15, -0.1) is 0 Å². The second-order valence-corrected chi connectivity index (χ2v) is 11.8. The van der Waals surface area contributed by atoms with Gasteiger partial charge in [0.25, 0.3) is 10.1 Å². The van der Waals surface area contributed by atoms with Gasteiger partial charge in [0.1, 0.15) is 17.1 Å². The molecule has 44 heavy (non-hydrogen) atoms. The molecule has 0 bridgehead atoms. The third-order valence-electron chi connectivity index (χ3n) is 7.15. The van der Waals surface area contributed by atoms with Gasteiger partial charge in [-0.2, -0.15) is 8.42 Å². The maximum atomic E-state index is 13.1. The number of ether oxygens (including phenoxy) is 1. The molecule has 4 aromatic rings. The fraction of sp³-hybridized carbons (Fsp3) is 0.273. The Labute approximate surface area is 257 Å². The minimum Gasteiger partial charge on any atom is -0.495 e. The van der Waals surface area contributed by atoms with Crippen LogP contribution in [0.1, 0.15) is 11.1 Å². The van der Waals surface area contributed by atoms with Crippen LogP contribution in [0.3, 0.4) is 0 Å². The molecule has 1 aromatic heterocycles. The number of benzene rings is 3. The van der Waals surface area contributed by atoms with E-state index in [1.54, 1.807) is 26.2 Å². The minimum absolute atomic E-state index is 0.0689. The van der Waals surface area contributed by atoms with E-state index >= 15 is 0 Å². The molecule has 0 atom stereocenters. The van der Waals surface area contributed by atoms with Crippen molar-refractivity contribution < 1.29 is 26.9 Å². The molecule has 232 valence electrons. The molecule has 1 fully saturated rings. The summed E-state index contributed by atoms with van der Waals surface area (Å²) in [5.74, 6) is 1.25. The van der Waals surface area contributed by atoms with Crippen molar-refractivity contribution in [1.82, 2.24) is 10.2 Å². The van der Waals surface area contributed by atoms with Crippen LogP contribution in [0.5, 0.6) is 5.75 Å². The third kappa shape index (κ3) is 8.79. The zero-order chi connectivity index (χ0) is 31.7. The summed E-state index contributed by atoms with van der Waals surface area (Å²) < 4.78 is 37.6. The zero-order valence-electron chi connectivity index (χ0n) is 25.0. The Balaban J connectivity index is 0.000000818. The van der Waals surface area contributed by atoms with Crippen LogP contribution in [0.25, 0.3) is 28.4 Å². The normalized spacial score (nSPS) is 13.9.